The molecule has 1 aliphatic carbocycles. The van der Waals surface area contributed by atoms with Crippen LogP contribution in [0.5, 0.6) is 0 Å². The number of nitrogens with one attached hydrogen (secondary N) is 1. The van der Waals surface area contributed by atoms with E-state index >= 15 is 0 Å². The smallest absolute Gasteiger partial charge is 0.0122 e. The van der Waals surface area contributed by atoms with E-state index in [1.807, 2.05) is 0 Å². The van der Waals surface area contributed by atoms with Crippen LogP contribution >= 0.6 is 0 Å². The van der Waals surface area contributed by atoms with Crippen molar-refractivity contribution in [3.8, 4) is 0 Å². The topological polar surface area (TPSA) is 15.3 Å². The second-order valence-corrected chi connectivity index (χ2v) is 6.65. The maximum Gasteiger partial charge on any atom is 0.0122 e. The summed E-state index contributed by atoms with van der Waals surface area (Å²) < 4.78 is 0. The summed E-state index contributed by atoms with van der Waals surface area (Å²) in [6.07, 6.45) is 9.76. The first kappa shape index (κ1) is 14.3. The lowest BCUT2D eigenvalue weighted by atomic mass is 9.88. The Bertz CT molecular complexity index is 231. The van der Waals surface area contributed by atoms with Gasteiger partial charge >= 0.3 is 0 Å². The van der Waals surface area contributed by atoms with Crippen LogP contribution in [-0.2, 0) is 0 Å². The summed E-state index contributed by atoms with van der Waals surface area (Å²) in [7, 11) is 0. The molecule has 0 spiro atoms. The summed E-state index contributed by atoms with van der Waals surface area (Å²) in [4.78, 5) is 2.85. The van der Waals surface area contributed by atoms with Crippen molar-refractivity contribution < 1.29 is 0 Å². The van der Waals surface area contributed by atoms with E-state index in [2.05, 4.69) is 31.0 Å². The molecular formula is C16H32N2. The van der Waals surface area contributed by atoms with Crippen LogP contribution in [-0.4, -0.2) is 36.1 Å². The van der Waals surface area contributed by atoms with E-state index in [0.717, 1.165) is 24.0 Å². The minimum Gasteiger partial charge on any atom is -0.314 e. The highest BCUT2D eigenvalue weighted by atomic mass is 15.2. The molecule has 2 heteroatoms. The van der Waals surface area contributed by atoms with Gasteiger partial charge < -0.3 is 5.32 Å². The fraction of sp³-hybridized carbons (Fsp3) is 1.00. The average molecular weight is 252 g/mol. The molecule has 2 nitrogen and oxygen atoms in total. The van der Waals surface area contributed by atoms with Gasteiger partial charge in [-0.3, -0.25) is 4.90 Å². The van der Waals surface area contributed by atoms with Crippen LogP contribution < -0.4 is 5.32 Å². The predicted molar refractivity (Wildman–Crippen MR) is 78.9 cm³/mol. The Balaban J connectivity index is 1.78. The fourth-order valence-corrected chi connectivity index (χ4v) is 3.94. The molecule has 18 heavy (non-hydrogen) atoms. The maximum absolute atomic E-state index is 3.70. The molecule has 0 amide bonds. The molecular weight excluding hydrogens is 220 g/mol. The van der Waals surface area contributed by atoms with Gasteiger partial charge in [0.2, 0.25) is 0 Å². The van der Waals surface area contributed by atoms with E-state index in [4.69, 9.17) is 0 Å². The number of hydrogen-bond donors (Lipinski definition) is 1. The lowest BCUT2D eigenvalue weighted by Crippen LogP contribution is -2.46. The zero-order chi connectivity index (χ0) is 13.0. The van der Waals surface area contributed by atoms with E-state index in [1.54, 1.807) is 0 Å². The summed E-state index contributed by atoms with van der Waals surface area (Å²) in [5.74, 6) is 0.837. The zero-order valence-corrected chi connectivity index (χ0v) is 12.6. The average Bonchev–Trinajstić information content (AvgIpc) is 2.86. The van der Waals surface area contributed by atoms with Crippen molar-refractivity contribution in [3.05, 3.63) is 0 Å². The van der Waals surface area contributed by atoms with Gasteiger partial charge in [-0.15, -0.1) is 0 Å². The molecule has 0 aromatic carbocycles. The van der Waals surface area contributed by atoms with Crippen molar-refractivity contribution >= 4 is 0 Å². The van der Waals surface area contributed by atoms with Gasteiger partial charge in [0, 0.05) is 18.1 Å². The van der Waals surface area contributed by atoms with Crippen LogP contribution in [0.2, 0.25) is 0 Å². The quantitative estimate of drug-likeness (QED) is 0.806. The largest absolute Gasteiger partial charge is 0.314 e. The van der Waals surface area contributed by atoms with E-state index in [0.29, 0.717) is 0 Å². The maximum atomic E-state index is 3.70. The Hall–Kier alpha value is -0.0800. The highest BCUT2D eigenvalue weighted by Crippen LogP contribution is 2.32. The monoisotopic (exact) mass is 252 g/mol. The lowest BCUT2D eigenvalue weighted by Gasteiger charge is -2.39. The third-order valence-corrected chi connectivity index (χ3v) is 4.96. The molecule has 1 atom stereocenters. The minimum absolute atomic E-state index is 0.807. The summed E-state index contributed by atoms with van der Waals surface area (Å²) >= 11 is 0. The normalized spacial score (nSPS) is 34.3. The van der Waals surface area contributed by atoms with Crippen LogP contribution in [0.1, 0.15) is 65.7 Å². The molecule has 2 rings (SSSR count). The lowest BCUT2D eigenvalue weighted by molar-refractivity contribution is 0.107. The third kappa shape index (κ3) is 3.48. The Labute approximate surface area is 114 Å². The number of rotatable bonds is 5. The van der Waals surface area contributed by atoms with Crippen LogP contribution in [0.3, 0.4) is 0 Å². The molecule has 1 saturated carbocycles. The number of likely N-dealkylation sites (tertiary alicyclic amines) is 1. The molecule has 1 saturated heterocycles. The number of nitrogens with zero attached hydrogens (tertiary/aromatic N) is 1. The van der Waals surface area contributed by atoms with Crippen molar-refractivity contribution in [2.75, 3.05) is 13.1 Å². The second kappa shape index (κ2) is 6.91. The Morgan fingerprint density at radius 3 is 2.44 bits per heavy atom. The first-order chi connectivity index (χ1) is 8.72. The third-order valence-electron chi connectivity index (χ3n) is 4.96. The molecule has 0 aromatic rings. The van der Waals surface area contributed by atoms with Gasteiger partial charge in [-0.2, -0.15) is 0 Å². The summed E-state index contributed by atoms with van der Waals surface area (Å²) in [6, 6.07) is 2.57. The number of hydrogen-bond acceptors (Lipinski definition) is 2. The fourth-order valence-electron chi connectivity index (χ4n) is 3.94. The molecule has 1 N–H and O–H groups in total. The second-order valence-electron chi connectivity index (χ2n) is 6.65. The summed E-state index contributed by atoms with van der Waals surface area (Å²) in [5, 5.41) is 3.70. The first-order valence-electron chi connectivity index (χ1n) is 8.21. The molecule has 2 aliphatic rings. The molecule has 0 radical (unpaired) electrons. The van der Waals surface area contributed by atoms with Gasteiger partial charge in [-0.25, -0.2) is 0 Å². The zero-order valence-electron chi connectivity index (χ0n) is 12.6. The van der Waals surface area contributed by atoms with Gasteiger partial charge in [0.1, 0.15) is 0 Å². The van der Waals surface area contributed by atoms with E-state index in [1.165, 1.54) is 58.0 Å². The summed E-state index contributed by atoms with van der Waals surface area (Å²) in [5.41, 5.74) is 0. The molecule has 2 fully saturated rings. The van der Waals surface area contributed by atoms with Gasteiger partial charge in [-0.05, 0) is 64.0 Å². The molecule has 1 heterocycles. The first-order valence-corrected chi connectivity index (χ1v) is 8.21. The van der Waals surface area contributed by atoms with Crippen LogP contribution in [0.15, 0.2) is 0 Å². The van der Waals surface area contributed by atoms with E-state index in [9.17, 15) is 0 Å². The molecule has 1 unspecified atom stereocenters. The molecule has 0 aromatic heterocycles. The molecule has 106 valence electrons. The Kier molecular flexibility index (Phi) is 5.50. The molecule has 1 aliphatic heterocycles. The predicted octanol–water partition coefficient (Wildman–Crippen LogP) is 3.42. The van der Waals surface area contributed by atoms with Crippen molar-refractivity contribution in [2.45, 2.75) is 83.8 Å². The van der Waals surface area contributed by atoms with Crippen LogP contribution in [0.4, 0.5) is 0 Å². The Morgan fingerprint density at radius 1 is 1.11 bits per heavy atom. The summed E-state index contributed by atoms with van der Waals surface area (Å²) in [6.45, 7) is 9.62. The van der Waals surface area contributed by atoms with Gasteiger partial charge in [0.15, 0.2) is 0 Å². The highest BCUT2D eigenvalue weighted by Gasteiger charge is 2.34. The van der Waals surface area contributed by atoms with E-state index < -0.39 is 0 Å². The Morgan fingerprint density at radius 2 is 1.83 bits per heavy atom. The SMILES string of the molecule is CCCNC1CCC(N2CCCC2C(C)C)CC1. The van der Waals surface area contributed by atoms with Crippen LogP contribution in [0.25, 0.3) is 0 Å². The van der Waals surface area contributed by atoms with Crippen molar-refractivity contribution in [1.29, 1.82) is 0 Å². The van der Waals surface area contributed by atoms with Crippen molar-refractivity contribution in [2.24, 2.45) is 5.92 Å². The molecule has 0 bridgehead atoms. The standard InChI is InChI=1S/C16H32N2/c1-4-11-17-14-7-9-15(10-8-14)18-12-5-6-16(18)13(2)3/h13-17H,4-12H2,1-3H3. The van der Waals surface area contributed by atoms with Gasteiger partial charge in [-0.1, -0.05) is 20.8 Å². The highest BCUT2D eigenvalue weighted by molar-refractivity contribution is 4.90. The van der Waals surface area contributed by atoms with Gasteiger partial charge in [0.05, 0.1) is 0 Å². The van der Waals surface area contributed by atoms with Gasteiger partial charge in [0.25, 0.3) is 0 Å². The van der Waals surface area contributed by atoms with Crippen molar-refractivity contribution in [3.63, 3.8) is 0 Å². The van der Waals surface area contributed by atoms with Crippen molar-refractivity contribution in [1.82, 2.24) is 10.2 Å². The van der Waals surface area contributed by atoms with E-state index in [-0.39, 0.29) is 0 Å². The minimum atomic E-state index is 0.807. The van der Waals surface area contributed by atoms with Crippen LogP contribution in [0, 0.1) is 5.92 Å².